The lowest BCUT2D eigenvalue weighted by atomic mass is 9.92. The molecule has 1 aromatic carbocycles. The van der Waals surface area contributed by atoms with Crippen molar-refractivity contribution in [3.05, 3.63) is 41.1 Å². The highest BCUT2D eigenvalue weighted by Gasteiger charge is 2.26. The molecule has 0 aliphatic carbocycles. The van der Waals surface area contributed by atoms with Crippen LogP contribution in [0.2, 0.25) is 0 Å². The summed E-state index contributed by atoms with van der Waals surface area (Å²) >= 11 is 1.63. The number of anilines is 1. The number of rotatable bonds is 3. The van der Waals surface area contributed by atoms with Gasteiger partial charge >= 0.3 is 0 Å². The average molecular weight is 360 g/mol. The van der Waals surface area contributed by atoms with Gasteiger partial charge in [0.25, 0.3) is 5.91 Å². The number of aromatic nitrogens is 2. The van der Waals surface area contributed by atoms with E-state index in [9.17, 15) is 4.79 Å². The second-order valence-electron chi connectivity index (χ2n) is 8.38. The molecular formula is C20H29N3OS. The van der Waals surface area contributed by atoms with Crippen molar-refractivity contribution >= 4 is 23.5 Å². The van der Waals surface area contributed by atoms with Crippen molar-refractivity contribution in [3.63, 3.8) is 0 Å². The number of amides is 1. The third-order valence-electron chi connectivity index (χ3n) is 4.04. The maximum absolute atomic E-state index is 12.9. The monoisotopic (exact) mass is 359 g/mol. The Kier molecular flexibility index (Phi) is 5.38. The lowest BCUT2D eigenvalue weighted by Gasteiger charge is -2.23. The van der Waals surface area contributed by atoms with E-state index in [4.69, 9.17) is 5.10 Å². The summed E-state index contributed by atoms with van der Waals surface area (Å²) in [6.45, 7) is 14.6. The van der Waals surface area contributed by atoms with E-state index >= 15 is 0 Å². The highest BCUT2D eigenvalue weighted by molar-refractivity contribution is 7.98. The molecule has 1 amide bonds. The second-order valence-corrected chi connectivity index (χ2v) is 9.26. The van der Waals surface area contributed by atoms with E-state index in [0.717, 1.165) is 22.0 Å². The molecule has 0 aliphatic heterocycles. The molecule has 0 unspecified atom stereocenters. The molecule has 0 radical (unpaired) electrons. The Balaban J connectivity index is 2.43. The van der Waals surface area contributed by atoms with Crippen molar-refractivity contribution in [2.45, 2.75) is 64.3 Å². The number of thioether (sulfide) groups is 1. The molecule has 25 heavy (non-hydrogen) atoms. The molecule has 0 saturated carbocycles. The first-order valence-corrected chi connectivity index (χ1v) is 9.73. The van der Waals surface area contributed by atoms with Crippen molar-refractivity contribution < 1.29 is 4.79 Å². The molecule has 0 bridgehead atoms. The number of benzene rings is 1. The number of hydrogen-bond donors (Lipinski definition) is 1. The summed E-state index contributed by atoms with van der Waals surface area (Å²) in [5.74, 6) is 0.635. The van der Waals surface area contributed by atoms with Crippen molar-refractivity contribution in [3.8, 4) is 0 Å². The van der Waals surface area contributed by atoms with Crippen LogP contribution in [0.15, 0.2) is 29.2 Å². The van der Waals surface area contributed by atoms with E-state index in [1.54, 1.807) is 11.8 Å². The first-order valence-electron chi connectivity index (χ1n) is 8.50. The van der Waals surface area contributed by atoms with E-state index in [1.165, 1.54) is 0 Å². The molecule has 0 spiro atoms. The van der Waals surface area contributed by atoms with Gasteiger partial charge in [-0.3, -0.25) is 4.79 Å². The molecule has 1 heterocycles. The second kappa shape index (κ2) is 6.87. The van der Waals surface area contributed by atoms with Gasteiger partial charge in [-0.15, -0.1) is 11.8 Å². The van der Waals surface area contributed by atoms with Crippen LogP contribution in [0.25, 0.3) is 0 Å². The Bertz CT molecular complexity index is 779. The van der Waals surface area contributed by atoms with Crippen LogP contribution in [-0.2, 0) is 11.0 Å². The minimum absolute atomic E-state index is 0.0787. The summed E-state index contributed by atoms with van der Waals surface area (Å²) in [6, 6.07) is 7.95. The Hall–Kier alpha value is -1.75. The molecular weight excluding hydrogens is 330 g/mol. The zero-order chi connectivity index (χ0) is 19.0. The first-order chi connectivity index (χ1) is 11.4. The van der Waals surface area contributed by atoms with Crippen molar-refractivity contribution in [1.29, 1.82) is 0 Å². The molecule has 0 atom stereocenters. The van der Waals surface area contributed by atoms with Crippen molar-refractivity contribution in [2.75, 3.05) is 11.6 Å². The van der Waals surface area contributed by atoms with Crippen LogP contribution < -0.4 is 5.32 Å². The number of nitrogens with zero attached hydrogens (tertiary/aromatic N) is 2. The van der Waals surface area contributed by atoms with Gasteiger partial charge in [0.2, 0.25) is 0 Å². The molecule has 2 aromatic rings. The summed E-state index contributed by atoms with van der Waals surface area (Å²) in [6.07, 6.45) is 2.01. The largest absolute Gasteiger partial charge is 0.307 e. The summed E-state index contributed by atoms with van der Waals surface area (Å²) in [4.78, 5) is 14.0. The highest BCUT2D eigenvalue weighted by Crippen LogP contribution is 2.29. The van der Waals surface area contributed by atoms with Crippen LogP contribution in [0.1, 0.15) is 63.2 Å². The van der Waals surface area contributed by atoms with E-state index < -0.39 is 0 Å². The van der Waals surface area contributed by atoms with Crippen molar-refractivity contribution in [2.24, 2.45) is 0 Å². The fourth-order valence-electron chi connectivity index (χ4n) is 2.50. The summed E-state index contributed by atoms with van der Waals surface area (Å²) < 4.78 is 1.90. The minimum atomic E-state index is -0.220. The molecule has 4 nitrogen and oxygen atoms in total. The Morgan fingerprint density at radius 2 is 1.76 bits per heavy atom. The molecule has 136 valence electrons. The summed E-state index contributed by atoms with van der Waals surface area (Å²) in [5.41, 5.74) is 2.33. The fourth-order valence-corrected chi connectivity index (χ4v) is 2.94. The molecule has 0 saturated heterocycles. The van der Waals surface area contributed by atoms with E-state index in [0.29, 0.717) is 5.56 Å². The molecule has 2 rings (SSSR count). The van der Waals surface area contributed by atoms with Crippen LogP contribution in [0, 0.1) is 6.92 Å². The Morgan fingerprint density at radius 3 is 2.28 bits per heavy atom. The van der Waals surface area contributed by atoms with Crippen LogP contribution in [0.5, 0.6) is 0 Å². The number of aryl methyl sites for hydroxylation is 1. The van der Waals surface area contributed by atoms with Gasteiger partial charge in [0.05, 0.1) is 11.2 Å². The third kappa shape index (κ3) is 4.46. The molecule has 1 N–H and O–H groups in total. The average Bonchev–Trinajstić information content (AvgIpc) is 2.91. The number of carbonyl (C=O) groups is 1. The number of hydrogen-bond acceptors (Lipinski definition) is 3. The van der Waals surface area contributed by atoms with Crippen molar-refractivity contribution in [1.82, 2.24) is 9.78 Å². The molecule has 1 aromatic heterocycles. The van der Waals surface area contributed by atoms with E-state index in [1.807, 2.05) is 42.1 Å². The normalized spacial score (nSPS) is 12.3. The Morgan fingerprint density at radius 1 is 1.12 bits per heavy atom. The van der Waals surface area contributed by atoms with Gasteiger partial charge in [-0.25, -0.2) is 4.68 Å². The molecule has 0 aliphatic rings. The van der Waals surface area contributed by atoms with Gasteiger partial charge in [-0.2, -0.15) is 5.10 Å². The summed E-state index contributed by atoms with van der Waals surface area (Å²) in [7, 11) is 0. The molecule has 5 heteroatoms. The first kappa shape index (κ1) is 19.6. The number of carbonyl (C=O) groups excluding carboxylic acids is 1. The molecule has 0 fully saturated rings. The smallest absolute Gasteiger partial charge is 0.257 e. The standard InChI is InChI=1S/C20H29N3OS/c1-13-9-10-14(25-8)11-15(13)18(24)21-17-12-16(19(2,3)4)22-23(17)20(5,6)7/h9-12H,1-8H3,(H,21,24). The van der Waals surface area contributed by atoms with Gasteiger partial charge in [0.1, 0.15) is 5.82 Å². The SMILES string of the molecule is CSc1ccc(C)c(C(=O)Nc2cc(C(C)(C)C)nn2C(C)(C)C)c1. The highest BCUT2D eigenvalue weighted by atomic mass is 32.2. The third-order valence-corrected chi connectivity index (χ3v) is 4.77. The maximum atomic E-state index is 12.9. The fraction of sp³-hybridized carbons (Fsp3) is 0.500. The van der Waals surface area contributed by atoms with Crippen LogP contribution in [-0.4, -0.2) is 21.9 Å². The summed E-state index contributed by atoms with van der Waals surface area (Å²) in [5, 5.41) is 7.82. The predicted molar refractivity (Wildman–Crippen MR) is 107 cm³/mol. The van der Waals surface area contributed by atoms with E-state index in [2.05, 4.69) is 46.9 Å². The lowest BCUT2D eigenvalue weighted by molar-refractivity contribution is 0.102. The lowest BCUT2D eigenvalue weighted by Crippen LogP contribution is -2.27. The quantitative estimate of drug-likeness (QED) is 0.764. The van der Waals surface area contributed by atoms with Gasteiger partial charge in [-0.05, 0) is 51.6 Å². The van der Waals surface area contributed by atoms with Gasteiger partial charge in [-0.1, -0.05) is 26.8 Å². The van der Waals surface area contributed by atoms with E-state index in [-0.39, 0.29) is 16.9 Å². The topological polar surface area (TPSA) is 46.9 Å². The Labute approximate surface area is 155 Å². The maximum Gasteiger partial charge on any atom is 0.257 e. The zero-order valence-corrected chi connectivity index (χ0v) is 17.3. The van der Waals surface area contributed by atoms with Crippen LogP contribution >= 0.6 is 11.8 Å². The number of nitrogens with one attached hydrogen (secondary N) is 1. The van der Waals surface area contributed by atoms with Gasteiger partial charge in [0.15, 0.2) is 0 Å². The zero-order valence-electron chi connectivity index (χ0n) is 16.5. The minimum Gasteiger partial charge on any atom is -0.307 e. The van der Waals surface area contributed by atoms with Crippen LogP contribution in [0.3, 0.4) is 0 Å². The predicted octanol–water partition coefficient (Wildman–Crippen LogP) is 5.22. The van der Waals surface area contributed by atoms with Gasteiger partial charge in [0, 0.05) is 21.9 Å². The van der Waals surface area contributed by atoms with Gasteiger partial charge < -0.3 is 5.32 Å². The van der Waals surface area contributed by atoms with Crippen LogP contribution in [0.4, 0.5) is 5.82 Å².